The third-order valence-electron chi connectivity index (χ3n) is 3.91. The van der Waals surface area contributed by atoms with Crippen LogP contribution in [-0.2, 0) is 9.59 Å². The van der Waals surface area contributed by atoms with E-state index in [2.05, 4.69) is 5.32 Å². The average Bonchev–Trinajstić information content (AvgIpc) is 2.96. The molecule has 1 aliphatic heterocycles. The SMILES string of the molecule is COc1ccc(NC(=O)C2CCCN2C(=O)CC(C)(C)C)cc1. The Bertz CT molecular complexity index is 561. The lowest BCUT2D eigenvalue weighted by atomic mass is 9.91. The summed E-state index contributed by atoms with van der Waals surface area (Å²) in [6.07, 6.45) is 2.05. The molecule has 0 saturated carbocycles. The van der Waals surface area contributed by atoms with Gasteiger partial charge in [0.15, 0.2) is 0 Å². The van der Waals surface area contributed by atoms with Crippen LogP contribution in [0.4, 0.5) is 5.69 Å². The van der Waals surface area contributed by atoms with Crippen LogP contribution in [-0.4, -0.2) is 36.4 Å². The van der Waals surface area contributed by atoms with Crippen molar-refractivity contribution in [2.75, 3.05) is 19.0 Å². The molecule has 1 fully saturated rings. The van der Waals surface area contributed by atoms with Crippen LogP contribution in [0.1, 0.15) is 40.0 Å². The van der Waals surface area contributed by atoms with E-state index in [-0.39, 0.29) is 23.3 Å². The van der Waals surface area contributed by atoms with Crippen LogP contribution in [0.25, 0.3) is 0 Å². The molecule has 1 heterocycles. The first-order chi connectivity index (χ1) is 10.8. The summed E-state index contributed by atoms with van der Waals surface area (Å²) in [6, 6.07) is 6.83. The highest BCUT2D eigenvalue weighted by Gasteiger charge is 2.35. The lowest BCUT2D eigenvalue weighted by molar-refractivity contribution is -0.138. The van der Waals surface area contributed by atoms with Gasteiger partial charge in [0, 0.05) is 18.7 Å². The lowest BCUT2D eigenvalue weighted by Crippen LogP contribution is -2.44. The molecule has 2 amide bonds. The quantitative estimate of drug-likeness (QED) is 0.928. The highest BCUT2D eigenvalue weighted by atomic mass is 16.5. The first-order valence-electron chi connectivity index (χ1n) is 8.04. The Morgan fingerprint density at radius 1 is 1.26 bits per heavy atom. The Hall–Kier alpha value is -2.04. The number of likely N-dealkylation sites (tertiary alicyclic amines) is 1. The van der Waals surface area contributed by atoms with Gasteiger partial charge >= 0.3 is 0 Å². The molecule has 1 aliphatic rings. The van der Waals surface area contributed by atoms with Crippen molar-refractivity contribution in [1.29, 1.82) is 0 Å². The molecule has 1 N–H and O–H groups in total. The van der Waals surface area contributed by atoms with Crippen LogP contribution >= 0.6 is 0 Å². The molecular weight excluding hydrogens is 292 g/mol. The largest absolute Gasteiger partial charge is 0.497 e. The summed E-state index contributed by atoms with van der Waals surface area (Å²) < 4.78 is 5.10. The molecule has 0 bridgehead atoms. The van der Waals surface area contributed by atoms with E-state index in [0.29, 0.717) is 18.7 Å². The summed E-state index contributed by atoms with van der Waals surface area (Å²) in [5.41, 5.74) is 0.641. The molecule has 5 nitrogen and oxygen atoms in total. The molecule has 0 aromatic heterocycles. The van der Waals surface area contributed by atoms with Crippen molar-refractivity contribution in [2.24, 2.45) is 5.41 Å². The van der Waals surface area contributed by atoms with Crippen molar-refractivity contribution >= 4 is 17.5 Å². The number of carbonyl (C=O) groups is 2. The highest BCUT2D eigenvalue weighted by molar-refractivity contribution is 5.97. The second-order valence-electron chi connectivity index (χ2n) is 7.20. The average molecular weight is 318 g/mol. The number of methoxy groups -OCH3 is 1. The van der Waals surface area contributed by atoms with Crippen molar-refractivity contribution in [2.45, 2.75) is 46.1 Å². The maximum atomic E-state index is 12.5. The molecule has 1 unspecified atom stereocenters. The summed E-state index contributed by atoms with van der Waals surface area (Å²) in [5, 5.41) is 2.89. The number of anilines is 1. The van der Waals surface area contributed by atoms with Crippen LogP contribution in [0.2, 0.25) is 0 Å². The fourth-order valence-corrected chi connectivity index (χ4v) is 2.79. The minimum Gasteiger partial charge on any atom is -0.497 e. The Balaban J connectivity index is 2.00. The number of hydrogen-bond donors (Lipinski definition) is 1. The predicted molar refractivity (Wildman–Crippen MR) is 90.4 cm³/mol. The fourth-order valence-electron chi connectivity index (χ4n) is 2.79. The van der Waals surface area contributed by atoms with Crippen LogP contribution < -0.4 is 10.1 Å². The van der Waals surface area contributed by atoms with Crippen LogP contribution in [0, 0.1) is 5.41 Å². The standard InChI is InChI=1S/C18H26N2O3/c1-18(2,3)12-16(21)20-11-5-6-15(20)17(22)19-13-7-9-14(23-4)10-8-13/h7-10,15H,5-6,11-12H2,1-4H3,(H,19,22). The number of rotatable bonds is 4. The Labute approximate surface area is 138 Å². The maximum absolute atomic E-state index is 12.5. The van der Waals surface area contributed by atoms with Gasteiger partial charge in [-0.3, -0.25) is 9.59 Å². The van der Waals surface area contributed by atoms with E-state index >= 15 is 0 Å². The third-order valence-corrected chi connectivity index (χ3v) is 3.91. The third kappa shape index (κ3) is 4.71. The van der Waals surface area contributed by atoms with Gasteiger partial charge < -0.3 is 15.0 Å². The molecule has 23 heavy (non-hydrogen) atoms. The van der Waals surface area contributed by atoms with E-state index < -0.39 is 0 Å². The molecule has 1 saturated heterocycles. The zero-order valence-electron chi connectivity index (χ0n) is 14.4. The van der Waals surface area contributed by atoms with Crippen LogP contribution in [0.15, 0.2) is 24.3 Å². The lowest BCUT2D eigenvalue weighted by Gasteiger charge is -2.27. The highest BCUT2D eigenvalue weighted by Crippen LogP contribution is 2.25. The first-order valence-corrected chi connectivity index (χ1v) is 8.04. The van der Waals surface area contributed by atoms with Gasteiger partial charge in [-0.05, 0) is 42.5 Å². The van der Waals surface area contributed by atoms with Gasteiger partial charge in [0.1, 0.15) is 11.8 Å². The molecule has 1 aromatic carbocycles. The summed E-state index contributed by atoms with van der Waals surface area (Å²) in [5.74, 6) is 0.686. The number of nitrogens with one attached hydrogen (secondary N) is 1. The van der Waals surface area contributed by atoms with Crippen LogP contribution in [0.3, 0.4) is 0 Å². The second kappa shape index (κ2) is 7.02. The molecule has 0 radical (unpaired) electrons. The van der Waals surface area contributed by atoms with Crippen molar-refractivity contribution in [3.63, 3.8) is 0 Å². The van der Waals surface area contributed by atoms with E-state index in [4.69, 9.17) is 4.74 Å². The smallest absolute Gasteiger partial charge is 0.247 e. The zero-order chi connectivity index (χ0) is 17.0. The number of benzene rings is 1. The van der Waals surface area contributed by atoms with Gasteiger partial charge in [-0.15, -0.1) is 0 Å². The first kappa shape index (κ1) is 17.3. The van der Waals surface area contributed by atoms with Gasteiger partial charge in [-0.25, -0.2) is 0 Å². The molecule has 0 aliphatic carbocycles. The van der Waals surface area contributed by atoms with Gasteiger partial charge in [-0.1, -0.05) is 20.8 Å². The molecule has 5 heteroatoms. The van der Waals surface area contributed by atoms with Gasteiger partial charge in [0.2, 0.25) is 11.8 Å². The fraction of sp³-hybridized carbons (Fsp3) is 0.556. The van der Waals surface area contributed by atoms with Crippen molar-refractivity contribution in [1.82, 2.24) is 4.90 Å². The van der Waals surface area contributed by atoms with E-state index in [0.717, 1.165) is 18.6 Å². The zero-order valence-corrected chi connectivity index (χ0v) is 14.4. The minimum absolute atomic E-state index is 0.0601. The molecule has 0 spiro atoms. The van der Waals surface area contributed by atoms with Gasteiger partial charge in [-0.2, -0.15) is 0 Å². The van der Waals surface area contributed by atoms with Gasteiger partial charge in [0.05, 0.1) is 7.11 Å². The van der Waals surface area contributed by atoms with E-state index in [1.165, 1.54) is 0 Å². The Morgan fingerprint density at radius 3 is 2.48 bits per heavy atom. The molecule has 1 atom stereocenters. The summed E-state index contributed by atoms with van der Waals surface area (Å²) in [4.78, 5) is 26.7. The maximum Gasteiger partial charge on any atom is 0.247 e. The second-order valence-corrected chi connectivity index (χ2v) is 7.20. The van der Waals surface area contributed by atoms with E-state index in [1.807, 2.05) is 20.8 Å². The molecule has 2 rings (SSSR count). The monoisotopic (exact) mass is 318 g/mol. The van der Waals surface area contributed by atoms with Crippen molar-refractivity contribution in [3.8, 4) is 5.75 Å². The van der Waals surface area contributed by atoms with E-state index in [9.17, 15) is 9.59 Å². The normalized spacial score (nSPS) is 17.9. The summed E-state index contributed by atoms with van der Waals surface area (Å²) >= 11 is 0. The summed E-state index contributed by atoms with van der Waals surface area (Å²) in [6.45, 7) is 6.77. The number of hydrogen-bond acceptors (Lipinski definition) is 3. The molecular formula is C18H26N2O3. The Morgan fingerprint density at radius 2 is 1.91 bits per heavy atom. The number of ether oxygens (including phenoxy) is 1. The van der Waals surface area contributed by atoms with Gasteiger partial charge in [0.25, 0.3) is 0 Å². The molecule has 1 aromatic rings. The number of carbonyl (C=O) groups excluding carboxylic acids is 2. The predicted octanol–water partition coefficient (Wildman–Crippen LogP) is 3.06. The molecule has 126 valence electrons. The Kier molecular flexibility index (Phi) is 5.29. The minimum atomic E-state index is -0.369. The van der Waals surface area contributed by atoms with E-state index in [1.54, 1.807) is 36.3 Å². The number of amides is 2. The topological polar surface area (TPSA) is 58.6 Å². The van der Waals surface area contributed by atoms with Crippen LogP contribution in [0.5, 0.6) is 5.75 Å². The van der Waals surface area contributed by atoms with Crippen molar-refractivity contribution in [3.05, 3.63) is 24.3 Å². The summed E-state index contributed by atoms with van der Waals surface area (Å²) in [7, 11) is 1.60. The van der Waals surface area contributed by atoms with Crippen molar-refractivity contribution < 1.29 is 14.3 Å². The number of nitrogens with zero attached hydrogens (tertiary/aromatic N) is 1.